The van der Waals surface area contributed by atoms with Crippen LogP contribution < -0.4 is 5.73 Å². The monoisotopic (exact) mass is 292 g/mol. The van der Waals surface area contributed by atoms with Crippen LogP contribution in [-0.2, 0) is 6.42 Å². The van der Waals surface area contributed by atoms with Crippen molar-refractivity contribution in [2.75, 3.05) is 6.61 Å². The van der Waals surface area contributed by atoms with Gasteiger partial charge in [0.1, 0.15) is 0 Å². The van der Waals surface area contributed by atoms with Crippen LogP contribution in [0, 0.1) is 0 Å². The SMILES string of the molecule is NC(=O)c1ccc2cncc(-c3ccc(CCO)cc3)c2c1. The average Bonchev–Trinajstić information content (AvgIpc) is 2.55. The van der Waals surface area contributed by atoms with Crippen molar-refractivity contribution in [2.24, 2.45) is 5.73 Å². The van der Waals surface area contributed by atoms with Crippen molar-refractivity contribution in [3.8, 4) is 11.1 Å². The van der Waals surface area contributed by atoms with Gasteiger partial charge in [0.25, 0.3) is 0 Å². The van der Waals surface area contributed by atoms with Gasteiger partial charge in [-0.1, -0.05) is 30.3 Å². The number of rotatable bonds is 4. The van der Waals surface area contributed by atoms with Gasteiger partial charge in [-0.25, -0.2) is 0 Å². The summed E-state index contributed by atoms with van der Waals surface area (Å²) in [5.41, 5.74) is 8.90. The van der Waals surface area contributed by atoms with Crippen molar-refractivity contribution in [3.63, 3.8) is 0 Å². The topological polar surface area (TPSA) is 76.2 Å². The summed E-state index contributed by atoms with van der Waals surface area (Å²) >= 11 is 0. The van der Waals surface area contributed by atoms with Crippen molar-refractivity contribution in [1.29, 1.82) is 0 Å². The Morgan fingerprint density at radius 2 is 1.86 bits per heavy atom. The Labute approximate surface area is 128 Å². The number of nitrogens with zero attached hydrogens (tertiary/aromatic N) is 1. The van der Waals surface area contributed by atoms with Gasteiger partial charge in [-0.2, -0.15) is 0 Å². The van der Waals surface area contributed by atoms with Gasteiger partial charge in [0.05, 0.1) is 0 Å². The molecule has 3 N–H and O–H groups in total. The van der Waals surface area contributed by atoms with Crippen molar-refractivity contribution < 1.29 is 9.90 Å². The van der Waals surface area contributed by atoms with Crippen molar-refractivity contribution >= 4 is 16.7 Å². The maximum absolute atomic E-state index is 11.4. The van der Waals surface area contributed by atoms with E-state index in [2.05, 4.69) is 4.98 Å². The molecule has 0 aliphatic heterocycles. The van der Waals surface area contributed by atoms with E-state index < -0.39 is 5.91 Å². The van der Waals surface area contributed by atoms with Gasteiger partial charge in [-0.15, -0.1) is 0 Å². The maximum Gasteiger partial charge on any atom is 0.248 e. The van der Waals surface area contributed by atoms with E-state index in [1.165, 1.54) is 0 Å². The molecule has 1 heterocycles. The van der Waals surface area contributed by atoms with Crippen molar-refractivity contribution in [3.05, 3.63) is 66.0 Å². The zero-order chi connectivity index (χ0) is 15.5. The molecule has 0 saturated carbocycles. The Balaban J connectivity index is 2.12. The molecular weight excluding hydrogens is 276 g/mol. The van der Waals surface area contributed by atoms with E-state index in [9.17, 15) is 4.79 Å². The molecule has 0 atom stereocenters. The lowest BCUT2D eigenvalue weighted by Gasteiger charge is -2.08. The fourth-order valence-corrected chi connectivity index (χ4v) is 2.53. The minimum absolute atomic E-state index is 0.136. The molecule has 3 aromatic rings. The molecule has 2 aromatic carbocycles. The number of pyridine rings is 1. The standard InChI is InChI=1S/C18H16N2O2/c19-18(22)14-5-6-15-10-20-11-17(16(15)9-14)13-3-1-12(2-4-13)7-8-21/h1-6,9-11,21H,7-8H2,(H2,19,22). The normalized spacial score (nSPS) is 10.8. The minimum Gasteiger partial charge on any atom is -0.396 e. The maximum atomic E-state index is 11.4. The molecule has 110 valence electrons. The van der Waals surface area contributed by atoms with E-state index in [0.717, 1.165) is 27.5 Å². The first-order valence-corrected chi connectivity index (χ1v) is 7.07. The lowest BCUT2D eigenvalue weighted by Crippen LogP contribution is -2.10. The molecule has 0 aliphatic carbocycles. The number of aromatic nitrogens is 1. The predicted molar refractivity (Wildman–Crippen MR) is 86.5 cm³/mol. The van der Waals surface area contributed by atoms with E-state index >= 15 is 0 Å². The summed E-state index contributed by atoms with van der Waals surface area (Å²) in [6, 6.07) is 13.3. The van der Waals surface area contributed by atoms with Crippen molar-refractivity contribution in [2.45, 2.75) is 6.42 Å². The summed E-state index contributed by atoms with van der Waals surface area (Å²) < 4.78 is 0. The molecule has 0 aliphatic rings. The fourth-order valence-electron chi connectivity index (χ4n) is 2.53. The molecule has 0 saturated heterocycles. The van der Waals surface area contributed by atoms with Crippen molar-refractivity contribution in [1.82, 2.24) is 4.98 Å². The molecular formula is C18H16N2O2. The number of carbonyl (C=O) groups excluding carboxylic acids is 1. The van der Waals surface area contributed by atoms with E-state index in [1.807, 2.05) is 30.3 Å². The average molecular weight is 292 g/mol. The number of primary amides is 1. The van der Waals surface area contributed by atoms with Crippen LogP contribution in [0.1, 0.15) is 15.9 Å². The van der Waals surface area contributed by atoms with Crippen LogP contribution in [0.3, 0.4) is 0 Å². The highest BCUT2D eigenvalue weighted by Crippen LogP contribution is 2.28. The van der Waals surface area contributed by atoms with Crippen LogP contribution in [0.2, 0.25) is 0 Å². The fraction of sp³-hybridized carbons (Fsp3) is 0.111. The summed E-state index contributed by atoms with van der Waals surface area (Å²) in [5.74, 6) is -0.442. The number of nitrogens with two attached hydrogens (primary N) is 1. The molecule has 3 rings (SSSR count). The molecule has 1 amide bonds. The highest BCUT2D eigenvalue weighted by atomic mass is 16.2. The van der Waals surface area contributed by atoms with Gasteiger partial charge in [0.15, 0.2) is 0 Å². The molecule has 4 nitrogen and oxygen atoms in total. The summed E-state index contributed by atoms with van der Waals surface area (Å²) in [7, 11) is 0. The van der Waals surface area contributed by atoms with E-state index in [0.29, 0.717) is 12.0 Å². The molecule has 0 unspecified atom stereocenters. The van der Waals surface area contributed by atoms with Crippen LogP contribution >= 0.6 is 0 Å². The van der Waals surface area contributed by atoms with Crippen LogP contribution in [0.15, 0.2) is 54.9 Å². The summed E-state index contributed by atoms with van der Waals surface area (Å²) in [4.78, 5) is 15.7. The lowest BCUT2D eigenvalue weighted by molar-refractivity contribution is 0.100. The highest BCUT2D eigenvalue weighted by molar-refractivity contribution is 6.02. The van der Waals surface area contributed by atoms with Crippen LogP contribution in [-0.4, -0.2) is 22.6 Å². The number of aliphatic hydroxyl groups excluding tert-OH is 1. The third-order valence-electron chi connectivity index (χ3n) is 3.71. The molecule has 4 heteroatoms. The predicted octanol–water partition coefficient (Wildman–Crippen LogP) is 2.54. The molecule has 0 bridgehead atoms. The Morgan fingerprint density at radius 3 is 2.55 bits per heavy atom. The van der Waals surface area contributed by atoms with Gasteiger partial charge >= 0.3 is 0 Å². The second kappa shape index (κ2) is 5.95. The number of benzene rings is 2. The zero-order valence-electron chi connectivity index (χ0n) is 12.0. The summed E-state index contributed by atoms with van der Waals surface area (Å²) in [6.45, 7) is 0.136. The van der Waals surface area contributed by atoms with Gasteiger partial charge in [0.2, 0.25) is 5.91 Å². The first-order chi connectivity index (χ1) is 10.7. The molecule has 0 radical (unpaired) electrons. The molecule has 0 fully saturated rings. The van der Waals surface area contributed by atoms with E-state index in [4.69, 9.17) is 10.8 Å². The van der Waals surface area contributed by atoms with Crippen LogP contribution in [0.4, 0.5) is 0 Å². The summed E-state index contributed by atoms with van der Waals surface area (Å²) in [6.07, 6.45) is 4.19. The van der Waals surface area contributed by atoms with E-state index in [1.54, 1.807) is 24.5 Å². The summed E-state index contributed by atoms with van der Waals surface area (Å²) in [5, 5.41) is 10.9. The number of amides is 1. The van der Waals surface area contributed by atoms with Gasteiger partial charge in [0, 0.05) is 35.5 Å². The van der Waals surface area contributed by atoms with Gasteiger partial charge in [-0.05, 0) is 35.1 Å². The first-order valence-electron chi connectivity index (χ1n) is 7.07. The van der Waals surface area contributed by atoms with Gasteiger partial charge in [-0.3, -0.25) is 9.78 Å². The van der Waals surface area contributed by atoms with E-state index in [-0.39, 0.29) is 6.61 Å². The second-order valence-corrected chi connectivity index (χ2v) is 5.16. The number of hydrogen-bond acceptors (Lipinski definition) is 3. The Morgan fingerprint density at radius 1 is 1.09 bits per heavy atom. The Bertz CT molecular complexity index is 826. The quantitative estimate of drug-likeness (QED) is 0.776. The smallest absolute Gasteiger partial charge is 0.248 e. The zero-order valence-corrected chi connectivity index (χ0v) is 12.0. The molecule has 0 spiro atoms. The Hall–Kier alpha value is -2.72. The number of aliphatic hydroxyl groups is 1. The minimum atomic E-state index is -0.442. The third kappa shape index (κ3) is 2.69. The number of carbonyl (C=O) groups is 1. The second-order valence-electron chi connectivity index (χ2n) is 5.16. The largest absolute Gasteiger partial charge is 0.396 e. The first kappa shape index (κ1) is 14.2. The van der Waals surface area contributed by atoms with Crippen LogP contribution in [0.5, 0.6) is 0 Å². The Kier molecular flexibility index (Phi) is 3.85. The molecule has 22 heavy (non-hydrogen) atoms. The lowest BCUT2D eigenvalue weighted by atomic mass is 9.98. The molecule has 1 aromatic heterocycles. The highest BCUT2D eigenvalue weighted by Gasteiger charge is 2.08. The van der Waals surface area contributed by atoms with Crippen LogP contribution in [0.25, 0.3) is 21.9 Å². The number of fused-ring (bicyclic) bond motifs is 1. The number of hydrogen-bond donors (Lipinski definition) is 2. The third-order valence-corrected chi connectivity index (χ3v) is 3.71. The van der Waals surface area contributed by atoms with Gasteiger partial charge < -0.3 is 10.8 Å².